The highest BCUT2D eigenvalue weighted by Gasteiger charge is 2.35. The number of hydrogen-bond donors (Lipinski definition) is 1. The fourth-order valence-corrected chi connectivity index (χ4v) is 3.85. The first-order valence-corrected chi connectivity index (χ1v) is 8.58. The van der Waals surface area contributed by atoms with Crippen LogP contribution < -0.4 is 10.2 Å². The maximum absolute atomic E-state index is 4.56. The quantitative estimate of drug-likeness (QED) is 0.924. The first-order chi connectivity index (χ1) is 10.3. The molecule has 21 heavy (non-hydrogen) atoms. The van der Waals surface area contributed by atoms with E-state index in [0.717, 1.165) is 32.1 Å². The number of anilines is 1. The normalized spacial score (nSPS) is 21.7. The van der Waals surface area contributed by atoms with E-state index in [0.29, 0.717) is 5.41 Å². The molecule has 0 bridgehead atoms. The van der Waals surface area contributed by atoms with E-state index in [4.69, 9.17) is 0 Å². The summed E-state index contributed by atoms with van der Waals surface area (Å²) in [5.41, 5.74) is 1.82. The fraction of sp³-hybridized carbons (Fsp3) is 0.765. The molecule has 1 saturated heterocycles. The Kier molecular flexibility index (Phi) is 4.73. The molecule has 3 rings (SSSR count). The van der Waals surface area contributed by atoms with Crippen molar-refractivity contribution in [3.63, 3.8) is 0 Å². The van der Waals surface area contributed by atoms with Crippen LogP contribution in [0.1, 0.15) is 57.4 Å². The Morgan fingerprint density at radius 1 is 1.05 bits per heavy atom. The van der Waals surface area contributed by atoms with Gasteiger partial charge in [0.25, 0.3) is 0 Å². The van der Waals surface area contributed by atoms with Crippen molar-refractivity contribution in [1.29, 1.82) is 0 Å². The average molecular weight is 288 g/mol. The van der Waals surface area contributed by atoms with Gasteiger partial charge >= 0.3 is 0 Å². The summed E-state index contributed by atoms with van der Waals surface area (Å²) in [6.07, 6.45) is 13.8. The highest BCUT2D eigenvalue weighted by atomic mass is 15.2. The van der Waals surface area contributed by atoms with Crippen LogP contribution in [-0.2, 0) is 6.54 Å². The van der Waals surface area contributed by atoms with E-state index in [2.05, 4.69) is 27.1 Å². The Morgan fingerprint density at radius 2 is 1.71 bits per heavy atom. The summed E-state index contributed by atoms with van der Waals surface area (Å²) in [7, 11) is 0. The van der Waals surface area contributed by atoms with Gasteiger partial charge in [-0.2, -0.15) is 0 Å². The minimum Gasteiger partial charge on any atom is -0.341 e. The van der Waals surface area contributed by atoms with Gasteiger partial charge in [-0.1, -0.05) is 26.2 Å². The Labute approximate surface area is 128 Å². The average Bonchev–Trinajstić information content (AvgIpc) is 2.55. The molecule has 1 N–H and O–H groups in total. The van der Waals surface area contributed by atoms with Crippen LogP contribution in [0.3, 0.4) is 0 Å². The predicted octanol–water partition coefficient (Wildman–Crippen LogP) is 3.14. The number of hydrogen-bond acceptors (Lipinski definition) is 4. The number of piperidine rings is 1. The van der Waals surface area contributed by atoms with Gasteiger partial charge in [-0.3, -0.25) is 0 Å². The molecule has 2 fully saturated rings. The molecule has 2 heterocycles. The largest absolute Gasteiger partial charge is 0.341 e. The van der Waals surface area contributed by atoms with Gasteiger partial charge in [0.2, 0.25) is 5.95 Å². The predicted molar refractivity (Wildman–Crippen MR) is 86.4 cm³/mol. The van der Waals surface area contributed by atoms with Crippen molar-refractivity contribution in [1.82, 2.24) is 15.3 Å². The number of nitrogens with one attached hydrogen (secondary N) is 1. The molecule has 1 aromatic heterocycles. The minimum atomic E-state index is 0.653. The maximum atomic E-state index is 4.56. The monoisotopic (exact) mass is 288 g/mol. The lowest BCUT2D eigenvalue weighted by molar-refractivity contribution is 0.144. The molecule has 0 amide bonds. The fourth-order valence-electron chi connectivity index (χ4n) is 3.85. The summed E-state index contributed by atoms with van der Waals surface area (Å²) in [5, 5.41) is 3.31. The molecule has 1 saturated carbocycles. The second-order valence-corrected chi connectivity index (χ2v) is 6.72. The Balaban J connectivity index is 1.56. The summed E-state index contributed by atoms with van der Waals surface area (Å²) in [6.45, 7) is 6.22. The van der Waals surface area contributed by atoms with Crippen molar-refractivity contribution in [2.75, 3.05) is 24.5 Å². The molecule has 1 aliphatic carbocycles. The lowest BCUT2D eigenvalue weighted by atomic mass is 9.68. The van der Waals surface area contributed by atoms with E-state index in [1.54, 1.807) is 0 Å². The van der Waals surface area contributed by atoms with E-state index >= 15 is 0 Å². The summed E-state index contributed by atoms with van der Waals surface area (Å²) in [5.74, 6) is 0.918. The summed E-state index contributed by atoms with van der Waals surface area (Å²) in [6, 6.07) is 0. The second kappa shape index (κ2) is 6.73. The topological polar surface area (TPSA) is 41.1 Å². The summed E-state index contributed by atoms with van der Waals surface area (Å²) < 4.78 is 0. The number of aromatic nitrogens is 2. The number of rotatable bonds is 4. The van der Waals surface area contributed by atoms with E-state index in [1.807, 2.05) is 12.4 Å². The van der Waals surface area contributed by atoms with Crippen LogP contribution >= 0.6 is 0 Å². The zero-order valence-electron chi connectivity index (χ0n) is 13.3. The van der Waals surface area contributed by atoms with Crippen molar-refractivity contribution < 1.29 is 0 Å². The third kappa shape index (κ3) is 3.54. The zero-order valence-corrected chi connectivity index (χ0v) is 13.3. The van der Waals surface area contributed by atoms with E-state index in [1.165, 1.54) is 50.5 Å². The molecule has 1 aromatic rings. The van der Waals surface area contributed by atoms with Crippen LogP contribution in [0.2, 0.25) is 0 Å². The molecule has 4 nitrogen and oxygen atoms in total. The Bertz CT molecular complexity index is 427. The van der Waals surface area contributed by atoms with Crippen LogP contribution in [-0.4, -0.2) is 29.6 Å². The Morgan fingerprint density at radius 3 is 2.33 bits per heavy atom. The van der Waals surface area contributed by atoms with Crippen molar-refractivity contribution >= 4 is 5.95 Å². The standard InChI is InChI=1S/C17H28N4/c1-2-18-12-15-13-19-16(20-14-15)21-10-8-17(9-11-21)6-4-3-5-7-17/h13-14,18H,2-12H2,1H3. The highest BCUT2D eigenvalue weighted by molar-refractivity contribution is 5.31. The van der Waals surface area contributed by atoms with Crippen LogP contribution in [0.4, 0.5) is 5.95 Å². The van der Waals surface area contributed by atoms with Gasteiger partial charge in [0.15, 0.2) is 0 Å². The molecule has 1 aliphatic heterocycles. The molecule has 0 aromatic carbocycles. The molecule has 0 atom stereocenters. The lowest BCUT2D eigenvalue weighted by Crippen LogP contribution is -2.41. The third-order valence-corrected chi connectivity index (χ3v) is 5.29. The zero-order chi connectivity index (χ0) is 14.5. The summed E-state index contributed by atoms with van der Waals surface area (Å²) >= 11 is 0. The molecule has 0 unspecified atom stereocenters. The van der Waals surface area contributed by atoms with Gasteiger partial charge in [0.05, 0.1) is 0 Å². The van der Waals surface area contributed by atoms with Gasteiger partial charge in [0.1, 0.15) is 0 Å². The van der Waals surface area contributed by atoms with Crippen molar-refractivity contribution in [2.24, 2.45) is 5.41 Å². The lowest BCUT2D eigenvalue weighted by Gasteiger charge is -2.44. The van der Waals surface area contributed by atoms with Gasteiger partial charge in [0, 0.05) is 37.6 Å². The van der Waals surface area contributed by atoms with Gasteiger partial charge in [-0.05, 0) is 37.6 Å². The SMILES string of the molecule is CCNCc1cnc(N2CCC3(CCCCC3)CC2)nc1. The van der Waals surface area contributed by atoms with Crippen LogP contribution in [0.15, 0.2) is 12.4 Å². The van der Waals surface area contributed by atoms with Crippen molar-refractivity contribution in [3.8, 4) is 0 Å². The molecule has 1 spiro atoms. The van der Waals surface area contributed by atoms with Crippen LogP contribution in [0.25, 0.3) is 0 Å². The first kappa shape index (κ1) is 14.8. The van der Waals surface area contributed by atoms with Crippen LogP contribution in [0, 0.1) is 5.41 Å². The molecule has 4 heteroatoms. The van der Waals surface area contributed by atoms with Gasteiger partial charge in [-0.25, -0.2) is 9.97 Å². The second-order valence-electron chi connectivity index (χ2n) is 6.72. The minimum absolute atomic E-state index is 0.653. The molecule has 116 valence electrons. The Hall–Kier alpha value is -1.16. The third-order valence-electron chi connectivity index (χ3n) is 5.29. The van der Waals surface area contributed by atoms with Crippen molar-refractivity contribution in [2.45, 2.75) is 58.4 Å². The molecule has 0 radical (unpaired) electrons. The molecular weight excluding hydrogens is 260 g/mol. The smallest absolute Gasteiger partial charge is 0.225 e. The summed E-state index contributed by atoms with van der Waals surface area (Å²) in [4.78, 5) is 11.5. The van der Waals surface area contributed by atoms with Crippen LogP contribution in [0.5, 0.6) is 0 Å². The van der Waals surface area contributed by atoms with E-state index < -0.39 is 0 Å². The van der Waals surface area contributed by atoms with E-state index in [-0.39, 0.29) is 0 Å². The first-order valence-electron chi connectivity index (χ1n) is 8.58. The molecule has 2 aliphatic rings. The van der Waals surface area contributed by atoms with E-state index in [9.17, 15) is 0 Å². The number of nitrogens with zero attached hydrogens (tertiary/aromatic N) is 3. The molecular formula is C17H28N4. The highest BCUT2D eigenvalue weighted by Crippen LogP contribution is 2.44. The van der Waals surface area contributed by atoms with Crippen molar-refractivity contribution in [3.05, 3.63) is 18.0 Å². The van der Waals surface area contributed by atoms with Gasteiger partial charge in [-0.15, -0.1) is 0 Å². The van der Waals surface area contributed by atoms with Gasteiger partial charge < -0.3 is 10.2 Å². The maximum Gasteiger partial charge on any atom is 0.225 e.